The zero-order valence-electron chi connectivity index (χ0n) is 10.7. The first kappa shape index (κ1) is 14.9. The Morgan fingerprint density at radius 3 is 2.48 bits per heavy atom. The summed E-state index contributed by atoms with van der Waals surface area (Å²) < 4.78 is 12.9. The van der Waals surface area contributed by atoms with E-state index in [0.717, 1.165) is 19.2 Å². The smallest absolute Gasteiger partial charge is 0.323 e. The summed E-state index contributed by atoms with van der Waals surface area (Å²) in [4.78, 5) is 47.2. The quantitative estimate of drug-likeness (QED) is 0.661. The lowest BCUT2D eigenvalue weighted by atomic mass is 10.3. The fraction of sp³-hybridized carbons (Fsp3) is 0.167. The van der Waals surface area contributed by atoms with Crippen molar-refractivity contribution in [3.8, 4) is 0 Å². The summed E-state index contributed by atoms with van der Waals surface area (Å²) in [5, 5.41) is 2.29. The predicted molar refractivity (Wildman–Crippen MR) is 69.9 cm³/mol. The maximum absolute atomic E-state index is 12.9. The third-order valence-corrected chi connectivity index (χ3v) is 3.07. The third-order valence-electron chi connectivity index (χ3n) is 2.76. The first-order chi connectivity index (χ1) is 9.81. The molecule has 1 aliphatic heterocycles. The highest BCUT2D eigenvalue weighted by Gasteiger charge is 2.42. The average Bonchev–Trinajstić information content (AvgIpc) is 2.60. The van der Waals surface area contributed by atoms with E-state index in [9.17, 15) is 23.6 Å². The van der Waals surface area contributed by atoms with E-state index >= 15 is 0 Å². The van der Waals surface area contributed by atoms with Crippen LogP contribution in [0.2, 0.25) is 5.02 Å². The first-order valence-corrected chi connectivity index (χ1v) is 6.07. The molecule has 7 nitrogen and oxygen atoms in total. The number of urea groups is 1. The Morgan fingerprint density at radius 1 is 1.29 bits per heavy atom. The van der Waals surface area contributed by atoms with Gasteiger partial charge in [0.2, 0.25) is 5.91 Å². The van der Waals surface area contributed by atoms with E-state index < -0.39 is 36.1 Å². The molecule has 1 aliphatic rings. The van der Waals surface area contributed by atoms with Crippen molar-refractivity contribution in [3.05, 3.63) is 29.0 Å². The van der Waals surface area contributed by atoms with Crippen molar-refractivity contribution in [2.75, 3.05) is 18.9 Å². The number of hydrogen-bond acceptors (Lipinski definition) is 4. The molecule has 0 aromatic heterocycles. The van der Waals surface area contributed by atoms with Crippen LogP contribution >= 0.6 is 11.6 Å². The minimum Gasteiger partial charge on any atom is -0.323 e. The minimum absolute atomic E-state index is 0.0318. The Bertz CT molecular complexity index is 664. The monoisotopic (exact) mass is 313 g/mol. The molecule has 21 heavy (non-hydrogen) atoms. The highest BCUT2D eigenvalue weighted by molar-refractivity contribution is 6.45. The van der Waals surface area contributed by atoms with E-state index in [1.54, 1.807) is 0 Å². The number of hydrogen-bond donors (Lipinski definition) is 1. The molecule has 0 bridgehead atoms. The second-order valence-electron chi connectivity index (χ2n) is 4.21. The van der Waals surface area contributed by atoms with Gasteiger partial charge in [-0.1, -0.05) is 11.6 Å². The van der Waals surface area contributed by atoms with Gasteiger partial charge in [-0.3, -0.25) is 19.3 Å². The minimum atomic E-state index is -1.08. The van der Waals surface area contributed by atoms with Crippen LogP contribution < -0.4 is 5.32 Å². The Labute approximate surface area is 123 Å². The van der Waals surface area contributed by atoms with Crippen molar-refractivity contribution in [1.29, 1.82) is 0 Å². The molecule has 2 rings (SSSR count). The summed E-state index contributed by atoms with van der Waals surface area (Å²) in [6.07, 6.45) is 0. The molecule has 110 valence electrons. The van der Waals surface area contributed by atoms with Gasteiger partial charge in [-0.15, -0.1) is 0 Å². The molecule has 9 heteroatoms. The van der Waals surface area contributed by atoms with E-state index in [0.29, 0.717) is 9.80 Å². The van der Waals surface area contributed by atoms with E-state index in [-0.39, 0.29) is 10.7 Å². The maximum Gasteiger partial charge on any atom is 0.334 e. The van der Waals surface area contributed by atoms with Crippen LogP contribution in [0.3, 0.4) is 0 Å². The number of benzene rings is 1. The molecule has 1 saturated heterocycles. The number of anilines is 1. The topological polar surface area (TPSA) is 86.8 Å². The number of likely N-dealkylation sites (N-methyl/N-ethyl adjacent to an activating group) is 1. The summed E-state index contributed by atoms with van der Waals surface area (Å²) in [6, 6.07) is 2.44. The Hall–Kier alpha value is -2.48. The van der Waals surface area contributed by atoms with Gasteiger partial charge >= 0.3 is 17.8 Å². The average molecular weight is 314 g/mol. The van der Waals surface area contributed by atoms with Crippen LogP contribution in [0.25, 0.3) is 0 Å². The van der Waals surface area contributed by atoms with Crippen LogP contribution in [0, 0.1) is 5.82 Å². The number of nitrogens with zero attached hydrogens (tertiary/aromatic N) is 2. The van der Waals surface area contributed by atoms with Gasteiger partial charge < -0.3 is 5.32 Å². The molecule has 1 aromatic carbocycles. The summed E-state index contributed by atoms with van der Waals surface area (Å²) in [5.74, 6) is -3.40. The fourth-order valence-corrected chi connectivity index (χ4v) is 1.89. The van der Waals surface area contributed by atoms with Crippen molar-refractivity contribution >= 4 is 41.0 Å². The van der Waals surface area contributed by atoms with Gasteiger partial charge in [0.25, 0.3) is 0 Å². The number of amides is 5. The SMILES string of the molecule is CN1C(=O)C(=O)N(CC(=O)Nc2ccc(F)cc2Cl)C1=O. The number of halogens is 2. The molecule has 0 saturated carbocycles. The Kier molecular flexibility index (Phi) is 3.90. The van der Waals surface area contributed by atoms with E-state index in [2.05, 4.69) is 5.32 Å². The van der Waals surface area contributed by atoms with Crippen molar-refractivity contribution in [2.45, 2.75) is 0 Å². The summed E-state index contributed by atoms with van der Waals surface area (Å²) in [6.45, 7) is -0.637. The van der Waals surface area contributed by atoms with Gasteiger partial charge in [0.1, 0.15) is 12.4 Å². The molecule has 1 N–H and O–H groups in total. The lowest BCUT2D eigenvalue weighted by Crippen LogP contribution is -2.38. The van der Waals surface area contributed by atoms with Gasteiger partial charge in [0.15, 0.2) is 0 Å². The van der Waals surface area contributed by atoms with Crippen molar-refractivity contribution in [1.82, 2.24) is 9.80 Å². The van der Waals surface area contributed by atoms with Crippen LogP contribution in [0.4, 0.5) is 14.9 Å². The molecular formula is C12H9ClFN3O4. The number of imide groups is 2. The normalized spacial score (nSPS) is 14.9. The second kappa shape index (κ2) is 5.49. The van der Waals surface area contributed by atoms with E-state index in [1.165, 1.54) is 6.07 Å². The van der Waals surface area contributed by atoms with E-state index in [1.807, 2.05) is 0 Å². The van der Waals surface area contributed by atoms with Gasteiger partial charge in [-0.05, 0) is 18.2 Å². The highest BCUT2D eigenvalue weighted by Crippen LogP contribution is 2.22. The molecule has 1 heterocycles. The lowest BCUT2D eigenvalue weighted by molar-refractivity contribution is -0.143. The van der Waals surface area contributed by atoms with Gasteiger partial charge in [0, 0.05) is 7.05 Å². The van der Waals surface area contributed by atoms with Crippen LogP contribution in [0.15, 0.2) is 18.2 Å². The molecule has 1 fully saturated rings. The highest BCUT2D eigenvalue weighted by atomic mass is 35.5. The molecule has 5 amide bonds. The second-order valence-corrected chi connectivity index (χ2v) is 4.62. The Balaban J connectivity index is 2.07. The summed E-state index contributed by atoms with van der Waals surface area (Å²) in [7, 11) is 1.14. The molecule has 1 aromatic rings. The molecule has 0 radical (unpaired) electrons. The Morgan fingerprint density at radius 2 is 1.95 bits per heavy atom. The molecular weight excluding hydrogens is 305 g/mol. The molecule has 0 unspecified atom stereocenters. The fourth-order valence-electron chi connectivity index (χ4n) is 1.68. The third kappa shape index (κ3) is 2.84. The lowest BCUT2D eigenvalue weighted by Gasteiger charge is -2.13. The number of carbonyl (C=O) groups excluding carboxylic acids is 4. The van der Waals surface area contributed by atoms with Gasteiger partial charge in [-0.2, -0.15) is 0 Å². The zero-order chi connectivity index (χ0) is 15.7. The maximum atomic E-state index is 12.9. The largest absolute Gasteiger partial charge is 0.334 e. The number of rotatable bonds is 3. The number of nitrogens with one attached hydrogen (secondary N) is 1. The van der Waals surface area contributed by atoms with Gasteiger partial charge in [0.05, 0.1) is 10.7 Å². The van der Waals surface area contributed by atoms with Crippen molar-refractivity contribution < 1.29 is 23.6 Å². The van der Waals surface area contributed by atoms with Crippen LogP contribution in [-0.2, 0) is 14.4 Å². The summed E-state index contributed by atoms with van der Waals surface area (Å²) >= 11 is 5.73. The van der Waals surface area contributed by atoms with Crippen LogP contribution in [0.5, 0.6) is 0 Å². The predicted octanol–water partition coefficient (Wildman–Crippen LogP) is 0.838. The van der Waals surface area contributed by atoms with Crippen LogP contribution in [0.1, 0.15) is 0 Å². The van der Waals surface area contributed by atoms with Crippen LogP contribution in [-0.4, -0.2) is 47.1 Å². The molecule has 0 atom stereocenters. The van der Waals surface area contributed by atoms with Gasteiger partial charge in [-0.25, -0.2) is 14.1 Å². The van der Waals surface area contributed by atoms with E-state index in [4.69, 9.17) is 11.6 Å². The summed E-state index contributed by atoms with van der Waals surface area (Å²) in [5.41, 5.74) is 0.127. The van der Waals surface area contributed by atoms with Crippen molar-refractivity contribution in [2.24, 2.45) is 0 Å². The number of carbonyl (C=O) groups is 4. The first-order valence-electron chi connectivity index (χ1n) is 5.69. The standard InChI is InChI=1S/C12H9ClFN3O4/c1-16-10(19)11(20)17(12(16)21)5-9(18)15-8-3-2-6(14)4-7(8)13/h2-4H,5H2,1H3,(H,15,18). The zero-order valence-corrected chi connectivity index (χ0v) is 11.5. The van der Waals surface area contributed by atoms with Crippen molar-refractivity contribution in [3.63, 3.8) is 0 Å². The molecule has 0 spiro atoms. The molecule has 0 aliphatic carbocycles.